The number of thiophene rings is 1. The van der Waals surface area contributed by atoms with Crippen molar-refractivity contribution >= 4 is 23.2 Å². The summed E-state index contributed by atoms with van der Waals surface area (Å²) in [4.78, 5) is 32.5. The summed E-state index contributed by atoms with van der Waals surface area (Å²) in [5, 5.41) is 2.12. The molecule has 3 aromatic rings. The van der Waals surface area contributed by atoms with Gasteiger partial charge in [0.1, 0.15) is 6.54 Å². The summed E-state index contributed by atoms with van der Waals surface area (Å²) < 4.78 is 0. The van der Waals surface area contributed by atoms with Crippen LogP contribution in [0.3, 0.4) is 0 Å². The molecule has 4 nitrogen and oxygen atoms in total. The number of hydrogen-bond acceptors (Lipinski definition) is 3. The molecular formula is C30H36N2O2S. The van der Waals surface area contributed by atoms with Crippen molar-refractivity contribution in [2.45, 2.75) is 65.0 Å². The Morgan fingerprint density at radius 2 is 1.74 bits per heavy atom. The minimum absolute atomic E-state index is 0.00401. The molecule has 35 heavy (non-hydrogen) atoms. The molecule has 2 aromatic carbocycles. The van der Waals surface area contributed by atoms with E-state index in [1.54, 1.807) is 16.2 Å². The van der Waals surface area contributed by atoms with Crippen LogP contribution in [0.4, 0.5) is 0 Å². The van der Waals surface area contributed by atoms with E-state index in [9.17, 15) is 9.59 Å². The standard InChI is InChI=1S/C30H36N2O2S/c1-6-21(2)32(29(34)23-12-14-24(15-13-23)30(3,4)5)20-27(33)31-18-16-26-25(17-19-35-26)28(31)22-10-8-7-9-11-22/h7-15,17,19,21,28H,6,16,18,20H2,1-5H3. The van der Waals surface area contributed by atoms with E-state index in [2.05, 4.69) is 51.3 Å². The zero-order valence-electron chi connectivity index (χ0n) is 21.5. The van der Waals surface area contributed by atoms with Gasteiger partial charge in [-0.05, 0) is 65.4 Å². The zero-order valence-corrected chi connectivity index (χ0v) is 22.3. The fourth-order valence-electron chi connectivity index (χ4n) is 4.74. The monoisotopic (exact) mass is 488 g/mol. The predicted molar refractivity (Wildman–Crippen MR) is 144 cm³/mol. The summed E-state index contributed by atoms with van der Waals surface area (Å²) in [6.07, 6.45) is 1.64. The van der Waals surface area contributed by atoms with E-state index in [1.807, 2.05) is 54.3 Å². The van der Waals surface area contributed by atoms with Crippen molar-refractivity contribution in [3.63, 3.8) is 0 Å². The zero-order chi connectivity index (χ0) is 25.2. The van der Waals surface area contributed by atoms with E-state index in [1.165, 1.54) is 16.0 Å². The average Bonchev–Trinajstić information content (AvgIpc) is 3.34. The van der Waals surface area contributed by atoms with Crippen LogP contribution in [0, 0.1) is 0 Å². The fourth-order valence-corrected chi connectivity index (χ4v) is 5.65. The van der Waals surface area contributed by atoms with Crippen LogP contribution in [-0.2, 0) is 16.6 Å². The molecule has 5 heteroatoms. The summed E-state index contributed by atoms with van der Waals surface area (Å²) in [5.41, 5.74) is 4.16. The number of benzene rings is 2. The number of carbonyl (C=O) groups is 2. The van der Waals surface area contributed by atoms with Crippen LogP contribution < -0.4 is 0 Å². The van der Waals surface area contributed by atoms with Crippen LogP contribution >= 0.6 is 11.3 Å². The van der Waals surface area contributed by atoms with E-state index in [0.29, 0.717) is 12.1 Å². The van der Waals surface area contributed by atoms with Gasteiger partial charge in [-0.1, -0.05) is 70.2 Å². The first-order chi connectivity index (χ1) is 16.7. The van der Waals surface area contributed by atoms with E-state index in [0.717, 1.165) is 18.4 Å². The summed E-state index contributed by atoms with van der Waals surface area (Å²) >= 11 is 1.76. The maximum atomic E-state index is 13.8. The number of carbonyl (C=O) groups excluding carboxylic acids is 2. The van der Waals surface area contributed by atoms with Crippen LogP contribution in [-0.4, -0.2) is 40.7 Å². The highest BCUT2D eigenvalue weighted by atomic mass is 32.1. The smallest absolute Gasteiger partial charge is 0.254 e. The highest BCUT2D eigenvalue weighted by Crippen LogP contribution is 2.38. The third kappa shape index (κ3) is 5.35. The predicted octanol–water partition coefficient (Wildman–Crippen LogP) is 6.46. The van der Waals surface area contributed by atoms with E-state index in [4.69, 9.17) is 0 Å². The Morgan fingerprint density at radius 3 is 2.37 bits per heavy atom. The Morgan fingerprint density at radius 1 is 1.06 bits per heavy atom. The van der Waals surface area contributed by atoms with Gasteiger partial charge in [-0.3, -0.25) is 9.59 Å². The van der Waals surface area contributed by atoms with Crippen LogP contribution in [0.15, 0.2) is 66.0 Å². The summed E-state index contributed by atoms with van der Waals surface area (Å²) in [5.74, 6) is -0.0895. The molecule has 2 heterocycles. The summed E-state index contributed by atoms with van der Waals surface area (Å²) in [6, 6.07) is 20.1. The van der Waals surface area contributed by atoms with Crippen LogP contribution in [0.1, 0.15) is 79.0 Å². The Kier molecular flexibility index (Phi) is 7.46. The second-order valence-electron chi connectivity index (χ2n) is 10.5. The normalized spacial score (nSPS) is 16.5. The van der Waals surface area contributed by atoms with Crippen LogP contribution in [0.5, 0.6) is 0 Å². The highest BCUT2D eigenvalue weighted by molar-refractivity contribution is 7.10. The largest absolute Gasteiger partial charge is 0.330 e. The maximum Gasteiger partial charge on any atom is 0.254 e. The van der Waals surface area contributed by atoms with E-state index >= 15 is 0 Å². The Balaban J connectivity index is 1.60. The minimum Gasteiger partial charge on any atom is -0.330 e. The molecular weight excluding hydrogens is 452 g/mol. The summed E-state index contributed by atoms with van der Waals surface area (Å²) in [7, 11) is 0. The van der Waals surface area contributed by atoms with Gasteiger partial charge in [0.15, 0.2) is 0 Å². The molecule has 2 unspecified atom stereocenters. The van der Waals surface area contributed by atoms with Crippen LogP contribution in [0.25, 0.3) is 0 Å². The maximum absolute atomic E-state index is 13.8. The van der Waals surface area contributed by atoms with E-state index in [-0.39, 0.29) is 35.9 Å². The molecule has 4 rings (SSSR count). The topological polar surface area (TPSA) is 40.6 Å². The first-order valence-electron chi connectivity index (χ1n) is 12.5. The highest BCUT2D eigenvalue weighted by Gasteiger charge is 2.34. The van der Waals surface area contributed by atoms with Gasteiger partial charge in [-0.15, -0.1) is 11.3 Å². The van der Waals surface area contributed by atoms with Gasteiger partial charge in [0.2, 0.25) is 5.91 Å². The third-order valence-electron chi connectivity index (χ3n) is 7.09. The van der Waals surface area contributed by atoms with Gasteiger partial charge >= 0.3 is 0 Å². The molecule has 0 saturated heterocycles. The molecule has 0 radical (unpaired) electrons. The third-order valence-corrected chi connectivity index (χ3v) is 8.09. The number of nitrogens with zero attached hydrogens (tertiary/aromatic N) is 2. The number of hydrogen-bond donors (Lipinski definition) is 0. The lowest BCUT2D eigenvalue weighted by molar-refractivity contribution is -0.134. The Labute approximate surface area is 213 Å². The molecule has 0 bridgehead atoms. The minimum atomic E-state index is -0.112. The van der Waals surface area contributed by atoms with E-state index < -0.39 is 0 Å². The van der Waals surface area contributed by atoms with Gasteiger partial charge in [0.05, 0.1) is 6.04 Å². The first-order valence-corrected chi connectivity index (χ1v) is 13.4. The molecule has 0 saturated carbocycles. The summed E-state index contributed by atoms with van der Waals surface area (Å²) in [6.45, 7) is 11.3. The van der Waals surface area contributed by atoms with Gasteiger partial charge in [-0.2, -0.15) is 0 Å². The molecule has 1 aliphatic rings. The molecule has 0 N–H and O–H groups in total. The molecule has 2 atom stereocenters. The quantitative estimate of drug-likeness (QED) is 0.399. The molecule has 184 valence electrons. The molecule has 1 aromatic heterocycles. The number of rotatable bonds is 6. The second-order valence-corrected chi connectivity index (χ2v) is 11.5. The van der Waals surface area contributed by atoms with Gasteiger partial charge in [0, 0.05) is 23.0 Å². The molecule has 0 spiro atoms. The van der Waals surface area contributed by atoms with Gasteiger partial charge in [-0.25, -0.2) is 0 Å². The average molecular weight is 489 g/mol. The fraction of sp³-hybridized carbons (Fsp3) is 0.400. The number of amides is 2. The molecule has 0 fully saturated rings. The second kappa shape index (κ2) is 10.4. The molecule has 2 amide bonds. The lowest BCUT2D eigenvalue weighted by atomic mass is 9.86. The molecule has 0 aliphatic carbocycles. The van der Waals surface area contributed by atoms with Crippen molar-refractivity contribution < 1.29 is 9.59 Å². The number of fused-ring (bicyclic) bond motifs is 1. The Hall–Kier alpha value is -2.92. The lowest BCUT2D eigenvalue weighted by Crippen LogP contribution is -2.49. The van der Waals surface area contributed by atoms with Gasteiger partial charge in [0.25, 0.3) is 5.91 Å². The SMILES string of the molecule is CCC(C)N(CC(=O)N1CCc2sccc2C1c1ccccc1)C(=O)c1ccc(C(C)(C)C)cc1. The van der Waals surface area contributed by atoms with Crippen molar-refractivity contribution in [2.24, 2.45) is 0 Å². The van der Waals surface area contributed by atoms with Crippen molar-refractivity contribution in [1.29, 1.82) is 0 Å². The van der Waals surface area contributed by atoms with Crippen molar-refractivity contribution in [3.05, 3.63) is 93.2 Å². The van der Waals surface area contributed by atoms with Crippen molar-refractivity contribution in [2.75, 3.05) is 13.1 Å². The van der Waals surface area contributed by atoms with Crippen molar-refractivity contribution in [3.8, 4) is 0 Å². The van der Waals surface area contributed by atoms with Crippen LogP contribution in [0.2, 0.25) is 0 Å². The molecule has 1 aliphatic heterocycles. The first kappa shape index (κ1) is 25.2. The lowest BCUT2D eigenvalue weighted by Gasteiger charge is -2.38. The van der Waals surface area contributed by atoms with Crippen molar-refractivity contribution in [1.82, 2.24) is 9.80 Å². The Bertz CT molecular complexity index is 1160. The van der Waals surface area contributed by atoms with Gasteiger partial charge < -0.3 is 9.80 Å².